The van der Waals surface area contributed by atoms with Crippen molar-refractivity contribution in [3.8, 4) is 0 Å². The summed E-state index contributed by atoms with van der Waals surface area (Å²) in [5, 5.41) is 6.69. The Kier molecular flexibility index (Phi) is 11.9. The molecule has 1 aromatic carbocycles. The van der Waals surface area contributed by atoms with Crippen LogP contribution in [-0.2, 0) is 21.3 Å². The molecule has 1 atom stereocenters. The van der Waals surface area contributed by atoms with Gasteiger partial charge >= 0.3 is 0 Å². The first-order valence-corrected chi connectivity index (χ1v) is 11.9. The van der Waals surface area contributed by atoms with Gasteiger partial charge in [0.1, 0.15) is 0 Å². The van der Waals surface area contributed by atoms with E-state index in [4.69, 9.17) is 4.74 Å². The molecule has 1 unspecified atom stereocenters. The van der Waals surface area contributed by atoms with Gasteiger partial charge in [-0.05, 0) is 43.9 Å². The Morgan fingerprint density at radius 1 is 1.21 bits per heavy atom. The third-order valence-corrected chi connectivity index (χ3v) is 5.83. The van der Waals surface area contributed by atoms with E-state index in [2.05, 4.69) is 41.1 Å². The fourth-order valence-electron chi connectivity index (χ4n) is 2.80. The van der Waals surface area contributed by atoms with E-state index < -0.39 is 10.0 Å². The minimum Gasteiger partial charge on any atom is -0.383 e. The van der Waals surface area contributed by atoms with E-state index in [-0.39, 0.29) is 11.4 Å². The molecule has 7 nitrogen and oxygen atoms in total. The molecule has 8 heteroatoms. The van der Waals surface area contributed by atoms with Gasteiger partial charge in [0.2, 0.25) is 10.0 Å². The first kappa shape index (κ1) is 25.4. The standard InChI is InChI=1S/C21H38N4O3S/c1-6-22-21(25-18(4)10-7-9-17(2)3)23-16-19-11-8-12-20(15-19)29(26,27)24-13-14-28-5/h8,11-12,15,17-18,24H,6-7,9-10,13-14,16H2,1-5H3,(H2,22,23,25). The molecule has 0 amide bonds. The summed E-state index contributed by atoms with van der Waals surface area (Å²) in [6.07, 6.45) is 3.49. The molecular formula is C21H38N4O3S. The predicted molar refractivity (Wildman–Crippen MR) is 120 cm³/mol. The molecule has 3 N–H and O–H groups in total. The van der Waals surface area contributed by atoms with Crippen LogP contribution < -0.4 is 15.4 Å². The van der Waals surface area contributed by atoms with Crippen LogP contribution in [-0.4, -0.2) is 47.2 Å². The lowest BCUT2D eigenvalue weighted by atomic mass is 10.0. The Balaban J connectivity index is 2.74. The van der Waals surface area contributed by atoms with Crippen molar-refractivity contribution in [1.82, 2.24) is 15.4 Å². The van der Waals surface area contributed by atoms with Crippen molar-refractivity contribution in [1.29, 1.82) is 0 Å². The Labute approximate surface area is 176 Å². The molecule has 0 fully saturated rings. The van der Waals surface area contributed by atoms with E-state index in [1.807, 2.05) is 13.0 Å². The molecular weight excluding hydrogens is 388 g/mol. The topological polar surface area (TPSA) is 91.8 Å². The van der Waals surface area contributed by atoms with E-state index in [1.54, 1.807) is 18.2 Å². The molecule has 0 spiro atoms. The summed E-state index contributed by atoms with van der Waals surface area (Å²) in [6, 6.07) is 7.19. The highest BCUT2D eigenvalue weighted by molar-refractivity contribution is 7.89. The highest BCUT2D eigenvalue weighted by Crippen LogP contribution is 2.12. The lowest BCUT2D eigenvalue weighted by molar-refractivity contribution is 0.204. The number of aliphatic imine (C=N–C) groups is 1. The lowest BCUT2D eigenvalue weighted by Crippen LogP contribution is -2.42. The fraction of sp³-hybridized carbons (Fsp3) is 0.667. The van der Waals surface area contributed by atoms with Crippen LogP contribution in [0, 0.1) is 5.92 Å². The lowest BCUT2D eigenvalue weighted by Gasteiger charge is -2.18. The maximum Gasteiger partial charge on any atom is 0.240 e. The average molecular weight is 427 g/mol. The largest absolute Gasteiger partial charge is 0.383 e. The van der Waals surface area contributed by atoms with Gasteiger partial charge in [-0.15, -0.1) is 0 Å². The number of nitrogens with one attached hydrogen (secondary N) is 3. The number of methoxy groups -OCH3 is 1. The second-order valence-electron chi connectivity index (χ2n) is 7.60. The summed E-state index contributed by atoms with van der Waals surface area (Å²) < 4.78 is 32.2. The van der Waals surface area contributed by atoms with Gasteiger partial charge in [-0.25, -0.2) is 18.1 Å². The van der Waals surface area contributed by atoms with Crippen LogP contribution in [0.15, 0.2) is 34.2 Å². The third kappa shape index (κ3) is 10.6. The van der Waals surface area contributed by atoms with Crippen LogP contribution in [0.2, 0.25) is 0 Å². The molecule has 0 saturated carbocycles. The van der Waals surface area contributed by atoms with Gasteiger partial charge < -0.3 is 15.4 Å². The molecule has 1 aromatic rings. The molecule has 1 rings (SSSR count). The summed E-state index contributed by atoms with van der Waals surface area (Å²) in [6.45, 7) is 10.4. The molecule has 0 radical (unpaired) electrons. The van der Waals surface area contributed by atoms with Gasteiger partial charge in [0.15, 0.2) is 5.96 Å². The normalized spacial score (nSPS) is 13.5. The van der Waals surface area contributed by atoms with Crippen LogP contribution in [0.25, 0.3) is 0 Å². The average Bonchev–Trinajstić information content (AvgIpc) is 2.66. The van der Waals surface area contributed by atoms with Gasteiger partial charge in [0.05, 0.1) is 18.0 Å². The molecule has 0 aromatic heterocycles. The van der Waals surface area contributed by atoms with Crippen LogP contribution in [0.4, 0.5) is 0 Å². The molecule has 0 aliphatic carbocycles. The van der Waals surface area contributed by atoms with Crippen LogP contribution in [0.5, 0.6) is 0 Å². The minimum absolute atomic E-state index is 0.237. The van der Waals surface area contributed by atoms with Crippen molar-refractivity contribution in [3.05, 3.63) is 29.8 Å². The van der Waals surface area contributed by atoms with Gasteiger partial charge in [0.25, 0.3) is 0 Å². The molecule has 0 heterocycles. The third-order valence-electron chi connectivity index (χ3n) is 4.37. The van der Waals surface area contributed by atoms with Crippen LogP contribution in [0.3, 0.4) is 0 Å². The highest BCUT2D eigenvalue weighted by atomic mass is 32.2. The van der Waals surface area contributed by atoms with E-state index in [0.29, 0.717) is 19.2 Å². The van der Waals surface area contributed by atoms with E-state index >= 15 is 0 Å². The first-order valence-electron chi connectivity index (χ1n) is 10.4. The summed E-state index contributed by atoms with van der Waals surface area (Å²) >= 11 is 0. The minimum atomic E-state index is -3.55. The molecule has 0 saturated heterocycles. The first-order chi connectivity index (χ1) is 13.8. The van der Waals surface area contributed by atoms with Crippen molar-refractivity contribution >= 4 is 16.0 Å². The summed E-state index contributed by atoms with van der Waals surface area (Å²) in [7, 11) is -2.01. The fourth-order valence-corrected chi connectivity index (χ4v) is 3.88. The van der Waals surface area contributed by atoms with E-state index in [0.717, 1.165) is 30.4 Å². The Hall–Kier alpha value is -1.64. The van der Waals surface area contributed by atoms with E-state index in [1.165, 1.54) is 20.0 Å². The summed E-state index contributed by atoms with van der Waals surface area (Å²) in [4.78, 5) is 4.86. The Bertz CT molecular complexity index is 720. The number of sulfonamides is 1. The smallest absolute Gasteiger partial charge is 0.240 e. The maximum atomic E-state index is 12.4. The van der Waals surface area contributed by atoms with Crippen molar-refractivity contribution in [2.45, 2.75) is 64.4 Å². The van der Waals surface area contributed by atoms with Gasteiger partial charge in [-0.2, -0.15) is 0 Å². The second-order valence-corrected chi connectivity index (χ2v) is 9.37. The summed E-state index contributed by atoms with van der Waals surface area (Å²) in [5.41, 5.74) is 0.837. The van der Waals surface area contributed by atoms with E-state index in [9.17, 15) is 8.42 Å². The van der Waals surface area contributed by atoms with Crippen molar-refractivity contribution < 1.29 is 13.2 Å². The SMILES string of the molecule is CCNC(=NCc1cccc(S(=O)(=O)NCCOC)c1)NC(C)CCCC(C)C. The molecule has 0 aliphatic heterocycles. The zero-order valence-corrected chi connectivity index (χ0v) is 19.3. The number of ether oxygens (including phenoxy) is 1. The number of nitrogens with zero attached hydrogens (tertiary/aromatic N) is 1. The van der Waals surface area contributed by atoms with Gasteiger partial charge in [-0.1, -0.05) is 38.8 Å². The Morgan fingerprint density at radius 3 is 2.62 bits per heavy atom. The highest BCUT2D eigenvalue weighted by Gasteiger charge is 2.13. The van der Waals surface area contributed by atoms with Crippen molar-refractivity contribution in [3.63, 3.8) is 0 Å². The number of benzene rings is 1. The predicted octanol–water partition coefficient (Wildman–Crippen LogP) is 2.88. The molecule has 166 valence electrons. The zero-order valence-electron chi connectivity index (χ0n) is 18.5. The second kappa shape index (κ2) is 13.6. The number of guanidine groups is 1. The van der Waals surface area contributed by atoms with Gasteiger partial charge in [-0.3, -0.25) is 0 Å². The number of hydrogen-bond donors (Lipinski definition) is 3. The summed E-state index contributed by atoms with van der Waals surface area (Å²) in [5.74, 6) is 1.47. The van der Waals surface area contributed by atoms with Crippen molar-refractivity contribution in [2.24, 2.45) is 10.9 Å². The van der Waals surface area contributed by atoms with Crippen LogP contribution in [0.1, 0.15) is 52.5 Å². The maximum absolute atomic E-state index is 12.4. The molecule has 0 aliphatic rings. The quantitative estimate of drug-likeness (QED) is 0.256. The number of rotatable bonds is 13. The zero-order chi connectivity index (χ0) is 21.7. The van der Waals surface area contributed by atoms with Crippen molar-refractivity contribution in [2.75, 3.05) is 26.8 Å². The monoisotopic (exact) mass is 426 g/mol. The molecule has 0 bridgehead atoms. The van der Waals surface area contributed by atoms with Gasteiger partial charge in [0, 0.05) is 26.2 Å². The molecule has 29 heavy (non-hydrogen) atoms. The number of hydrogen-bond acceptors (Lipinski definition) is 4. The Morgan fingerprint density at radius 2 is 1.97 bits per heavy atom. The van der Waals surface area contributed by atoms with Crippen LogP contribution >= 0.6 is 0 Å².